The Morgan fingerprint density at radius 2 is 1.86 bits per heavy atom. The average Bonchev–Trinajstić information content (AvgIpc) is 2.67. The lowest BCUT2D eigenvalue weighted by atomic mass is 10.1. The van der Waals surface area contributed by atoms with Crippen LogP contribution in [0.15, 0.2) is 41.0 Å². The predicted molar refractivity (Wildman–Crippen MR) is 59.3 cm³/mol. The molecular formula is C11H8BrNO. The van der Waals surface area contributed by atoms with Crippen LogP contribution >= 0.6 is 15.9 Å². The number of aldehydes is 1. The molecule has 0 atom stereocenters. The Morgan fingerprint density at radius 3 is 2.43 bits per heavy atom. The number of hydrogen-bond acceptors (Lipinski definition) is 1. The van der Waals surface area contributed by atoms with Crippen LogP contribution in [0.3, 0.4) is 0 Å². The van der Waals surface area contributed by atoms with Crippen LogP contribution < -0.4 is 0 Å². The maximum atomic E-state index is 10.5. The lowest BCUT2D eigenvalue weighted by Gasteiger charge is -1.96. The zero-order valence-electron chi connectivity index (χ0n) is 7.33. The van der Waals surface area contributed by atoms with E-state index in [-0.39, 0.29) is 0 Å². The van der Waals surface area contributed by atoms with Crippen LogP contribution in [-0.2, 0) is 0 Å². The van der Waals surface area contributed by atoms with E-state index in [9.17, 15) is 4.79 Å². The Morgan fingerprint density at radius 1 is 1.14 bits per heavy atom. The molecule has 1 N–H and O–H groups in total. The minimum atomic E-state index is 0.600. The Kier molecular flexibility index (Phi) is 2.50. The van der Waals surface area contributed by atoms with Crippen molar-refractivity contribution < 1.29 is 4.79 Å². The van der Waals surface area contributed by atoms with Gasteiger partial charge in [-0.15, -0.1) is 0 Å². The van der Waals surface area contributed by atoms with Crippen LogP contribution in [0.2, 0.25) is 0 Å². The highest BCUT2D eigenvalue weighted by molar-refractivity contribution is 9.10. The van der Waals surface area contributed by atoms with Crippen LogP contribution in [0, 0.1) is 0 Å². The van der Waals surface area contributed by atoms with Gasteiger partial charge in [0.15, 0.2) is 6.29 Å². The fraction of sp³-hybridized carbons (Fsp3) is 0. The number of aromatic amines is 1. The minimum Gasteiger partial charge on any atom is -0.358 e. The summed E-state index contributed by atoms with van der Waals surface area (Å²) in [5.74, 6) is 0. The van der Waals surface area contributed by atoms with E-state index >= 15 is 0 Å². The number of benzene rings is 1. The first-order chi connectivity index (χ1) is 6.79. The third-order valence-corrected chi connectivity index (χ3v) is 2.54. The maximum Gasteiger partial charge on any atom is 0.166 e. The molecule has 14 heavy (non-hydrogen) atoms. The molecule has 0 amide bonds. The van der Waals surface area contributed by atoms with Crippen molar-refractivity contribution >= 4 is 22.2 Å². The normalized spacial score (nSPS) is 10.1. The van der Waals surface area contributed by atoms with Gasteiger partial charge in [-0.3, -0.25) is 4.79 Å². The highest BCUT2D eigenvalue weighted by Crippen LogP contribution is 2.21. The molecule has 0 saturated heterocycles. The third-order valence-electron chi connectivity index (χ3n) is 2.01. The average molecular weight is 250 g/mol. The Bertz CT molecular complexity index is 445. The summed E-state index contributed by atoms with van der Waals surface area (Å²) < 4.78 is 1.05. The van der Waals surface area contributed by atoms with Crippen LogP contribution in [0.4, 0.5) is 0 Å². The molecule has 1 heterocycles. The van der Waals surface area contributed by atoms with Crippen molar-refractivity contribution in [1.29, 1.82) is 0 Å². The van der Waals surface area contributed by atoms with Gasteiger partial charge in [0.25, 0.3) is 0 Å². The number of H-pyrrole nitrogens is 1. The molecule has 1 aromatic carbocycles. The zero-order valence-corrected chi connectivity index (χ0v) is 8.91. The number of nitrogens with one attached hydrogen (secondary N) is 1. The minimum absolute atomic E-state index is 0.600. The van der Waals surface area contributed by atoms with E-state index in [0.29, 0.717) is 5.69 Å². The summed E-state index contributed by atoms with van der Waals surface area (Å²) in [7, 11) is 0. The van der Waals surface area contributed by atoms with Gasteiger partial charge in [-0.25, -0.2) is 0 Å². The SMILES string of the molecule is O=Cc1cc(-c2ccc(Br)cc2)c[nH]1. The Balaban J connectivity index is 2.39. The lowest BCUT2D eigenvalue weighted by molar-refractivity contribution is 0.111. The smallest absolute Gasteiger partial charge is 0.166 e. The molecule has 3 heteroatoms. The van der Waals surface area contributed by atoms with Crippen molar-refractivity contribution in [3.05, 3.63) is 46.7 Å². The molecule has 0 aliphatic rings. The summed E-state index contributed by atoms with van der Waals surface area (Å²) in [6, 6.07) is 9.78. The first-order valence-corrected chi connectivity index (χ1v) is 4.98. The van der Waals surface area contributed by atoms with E-state index in [2.05, 4.69) is 20.9 Å². The van der Waals surface area contributed by atoms with Crippen molar-refractivity contribution in [2.45, 2.75) is 0 Å². The van der Waals surface area contributed by atoms with Crippen LogP contribution in [-0.4, -0.2) is 11.3 Å². The highest BCUT2D eigenvalue weighted by Gasteiger charge is 2.00. The summed E-state index contributed by atoms with van der Waals surface area (Å²) in [6.45, 7) is 0. The first kappa shape index (κ1) is 9.21. The molecule has 2 rings (SSSR count). The second kappa shape index (κ2) is 3.80. The zero-order chi connectivity index (χ0) is 9.97. The van der Waals surface area contributed by atoms with E-state index in [1.165, 1.54) is 0 Å². The monoisotopic (exact) mass is 249 g/mol. The lowest BCUT2D eigenvalue weighted by Crippen LogP contribution is -1.74. The van der Waals surface area contributed by atoms with Gasteiger partial charge in [-0.2, -0.15) is 0 Å². The van der Waals surface area contributed by atoms with Gasteiger partial charge in [0.05, 0.1) is 5.69 Å². The second-order valence-electron chi connectivity index (χ2n) is 2.97. The van der Waals surface area contributed by atoms with E-state index in [1.807, 2.05) is 36.5 Å². The summed E-state index contributed by atoms with van der Waals surface area (Å²) in [5.41, 5.74) is 2.72. The standard InChI is InChI=1S/C11H8BrNO/c12-10-3-1-8(2-4-10)9-5-11(7-14)13-6-9/h1-7,13H. The van der Waals surface area contributed by atoms with E-state index in [4.69, 9.17) is 0 Å². The summed E-state index contributed by atoms with van der Waals surface area (Å²) in [4.78, 5) is 13.4. The number of carbonyl (C=O) groups excluding carboxylic acids is 1. The molecule has 0 unspecified atom stereocenters. The van der Waals surface area contributed by atoms with Crippen molar-refractivity contribution in [3.63, 3.8) is 0 Å². The topological polar surface area (TPSA) is 32.9 Å². The van der Waals surface area contributed by atoms with Crippen LogP contribution in [0.25, 0.3) is 11.1 Å². The molecule has 2 aromatic rings. The summed E-state index contributed by atoms with van der Waals surface area (Å²) in [5, 5.41) is 0. The fourth-order valence-electron chi connectivity index (χ4n) is 1.29. The van der Waals surface area contributed by atoms with Gasteiger partial charge >= 0.3 is 0 Å². The van der Waals surface area contributed by atoms with Gasteiger partial charge in [-0.1, -0.05) is 28.1 Å². The van der Waals surface area contributed by atoms with Crippen LogP contribution in [0.5, 0.6) is 0 Å². The number of carbonyl (C=O) groups is 1. The number of halogens is 1. The van der Waals surface area contributed by atoms with E-state index in [0.717, 1.165) is 21.9 Å². The van der Waals surface area contributed by atoms with Crippen molar-refractivity contribution in [1.82, 2.24) is 4.98 Å². The molecule has 0 fully saturated rings. The van der Waals surface area contributed by atoms with E-state index < -0.39 is 0 Å². The van der Waals surface area contributed by atoms with Crippen molar-refractivity contribution in [3.8, 4) is 11.1 Å². The largest absolute Gasteiger partial charge is 0.358 e. The van der Waals surface area contributed by atoms with Crippen molar-refractivity contribution in [2.75, 3.05) is 0 Å². The molecule has 70 valence electrons. The summed E-state index contributed by atoms with van der Waals surface area (Å²) >= 11 is 3.37. The summed E-state index contributed by atoms with van der Waals surface area (Å²) in [6.07, 6.45) is 2.63. The molecule has 0 radical (unpaired) electrons. The maximum absolute atomic E-state index is 10.5. The first-order valence-electron chi connectivity index (χ1n) is 4.19. The third kappa shape index (κ3) is 1.77. The second-order valence-corrected chi connectivity index (χ2v) is 3.88. The van der Waals surface area contributed by atoms with Gasteiger partial charge in [0.2, 0.25) is 0 Å². The fourth-order valence-corrected chi connectivity index (χ4v) is 1.55. The molecule has 2 nitrogen and oxygen atoms in total. The van der Waals surface area contributed by atoms with Crippen LogP contribution in [0.1, 0.15) is 10.5 Å². The quantitative estimate of drug-likeness (QED) is 0.815. The highest BCUT2D eigenvalue weighted by atomic mass is 79.9. The Hall–Kier alpha value is -1.35. The van der Waals surface area contributed by atoms with E-state index in [1.54, 1.807) is 0 Å². The predicted octanol–water partition coefficient (Wildman–Crippen LogP) is 3.26. The molecule has 0 saturated carbocycles. The van der Waals surface area contributed by atoms with Gasteiger partial charge in [0, 0.05) is 10.7 Å². The molecule has 1 aromatic heterocycles. The Labute approximate surface area is 90.1 Å². The number of rotatable bonds is 2. The molecule has 0 aliphatic heterocycles. The van der Waals surface area contributed by atoms with Gasteiger partial charge in [0.1, 0.15) is 0 Å². The number of hydrogen-bond donors (Lipinski definition) is 1. The molecule has 0 spiro atoms. The van der Waals surface area contributed by atoms with Gasteiger partial charge in [-0.05, 0) is 29.3 Å². The van der Waals surface area contributed by atoms with Gasteiger partial charge < -0.3 is 4.98 Å². The molecule has 0 bridgehead atoms. The number of aromatic nitrogens is 1. The van der Waals surface area contributed by atoms with Crippen molar-refractivity contribution in [2.24, 2.45) is 0 Å². The molecular weight excluding hydrogens is 242 g/mol. The molecule has 0 aliphatic carbocycles.